The zero-order valence-electron chi connectivity index (χ0n) is 14.5. The van der Waals surface area contributed by atoms with Crippen molar-refractivity contribution in [2.75, 3.05) is 10.5 Å². The summed E-state index contributed by atoms with van der Waals surface area (Å²) in [6, 6.07) is 6.96. The molecule has 1 heterocycles. The van der Waals surface area contributed by atoms with Gasteiger partial charge in [-0.2, -0.15) is 4.99 Å². The molecule has 2 rings (SSSR count). The van der Waals surface area contributed by atoms with Crippen molar-refractivity contribution in [1.29, 1.82) is 0 Å². The van der Waals surface area contributed by atoms with Gasteiger partial charge in [-0.1, -0.05) is 43.8 Å². The Morgan fingerprint density at radius 3 is 2.64 bits per heavy atom. The van der Waals surface area contributed by atoms with Crippen molar-refractivity contribution in [2.24, 2.45) is 4.99 Å². The molecule has 0 aliphatic carbocycles. The van der Waals surface area contributed by atoms with E-state index in [1.807, 2.05) is 20.8 Å². The van der Waals surface area contributed by atoms with E-state index in [0.29, 0.717) is 27.8 Å². The van der Waals surface area contributed by atoms with Crippen LogP contribution in [-0.4, -0.2) is 34.4 Å². The SMILES string of the molecule is CCCCS(=O)(=O)Nc1ccccc1C[S+]([O-])C1=NC(=S)C(C)(C)N1. The van der Waals surface area contributed by atoms with Crippen LogP contribution in [0.1, 0.15) is 39.2 Å². The average molecular weight is 402 g/mol. The molecule has 1 atom stereocenters. The van der Waals surface area contributed by atoms with Crippen LogP contribution >= 0.6 is 12.2 Å². The molecule has 0 radical (unpaired) electrons. The van der Waals surface area contributed by atoms with Crippen molar-refractivity contribution in [3.63, 3.8) is 0 Å². The molecule has 0 bridgehead atoms. The average Bonchev–Trinajstić information content (AvgIpc) is 2.81. The van der Waals surface area contributed by atoms with Crippen molar-refractivity contribution in [1.82, 2.24) is 5.32 Å². The monoisotopic (exact) mass is 401 g/mol. The van der Waals surface area contributed by atoms with Gasteiger partial charge in [0.25, 0.3) is 0 Å². The fraction of sp³-hybridized carbons (Fsp3) is 0.500. The number of hydrogen-bond donors (Lipinski definition) is 2. The van der Waals surface area contributed by atoms with Crippen LogP contribution in [0.15, 0.2) is 29.3 Å². The van der Waals surface area contributed by atoms with Gasteiger partial charge in [-0.15, -0.1) is 0 Å². The Bertz CT molecular complexity index is 776. The summed E-state index contributed by atoms with van der Waals surface area (Å²) in [5, 5.41) is 3.40. The third kappa shape index (κ3) is 5.40. The highest BCUT2D eigenvalue weighted by Gasteiger charge is 2.37. The van der Waals surface area contributed by atoms with Gasteiger partial charge < -0.3 is 9.87 Å². The Morgan fingerprint density at radius 1 is 1.36 bits per heavy atom. The molecule has 9 heteroatoms. The van der Waals surface area contributed by atoms with E-state index in [2.05, 4.69) is 15.0 Å². The Balaban J connectivity index is 2.13. The summed E-state index contributed by atoms with van der Waals surface area (Å²) in [6.07, 6.45) is 1.39. The lowest BCUT2D eigenvalue weighted by Gasteiger charge is -2.19. The number of nitrogens with zero attached hydrogens (tertiary/aromatic N) is 1. The Labute approximate surface area is 157 Å². The number of hydrogen-bond acceptors (Lipinski definition) is 5. The van der Waals surface area contributed by atoms with E-state index in [1.165, 1.54) is 0 Å². The second-order valence-electron chi connectivity index (χ2n) is 6.39. The first-order valence-electron chi connectivity index (χ1n) is 8.02. The molecule has 25 heavy (non-hydrogen) atoms. The summed E-state index contributed by atoms with van der Waals surface area (Å²) in [5.41, 5.74) is 0.607. The first-order chi connectivity index (χ1) is 11.6. The molecule has 1 aromatic rings. The molecule has 0 saturated heterocycles. The number of anilines is 1. The molecule has 6 nitrogen and oxygen atoms in total. The van der Waals surface area contributed by atoms with E-state index in [9.17, 15) is 13.0 Å². The summed E-state index contributed by atoms with van der Waals surface area (Å²) < 4.78 is 39.5. The van der Waals surface area contributed by atoms with Crippen molar-refractivity contribution >= 4 is 49.3 Å². The number of benzene rings is 1. The maximum Gasteiger partial charge on any atom is 0.318 e. The van der Waals surface area contributed by atoms with Gasteiger partial charge in [-0.3, -0.25) is 4.72 Å². The van der Waals surface area contributed by atoms with Gasteiger partial charge in [-0.05, 0) is 26.3 Å². The third-order valence-electron chi connectivity index (χ3n) is 3.71. The fourth-order valence-electron chi connectivity index (χ4n) is 2.20. The highest BCUT2D eigenvalue weighted by atomic mass is 32.2. The van der Waals surface area contributed by atoms with Crippen LogP contribution in [0.2, 0.25) is 0 Å². The zero-order valence-corrected chi connectivity index (χ0v) is 17.0. The van der Waals surface area contributed by atoms with Gasteiger partial charge in [0, 0.05) is 16.7 Å². The molecule has 0 saturated carbocycles. The Hall–Kier alpha value is -1.16. The summed E-state index contributed by atoms with van der Waals surface area (Å²) in [4.78, 5) is 4.64. The van der Waals surface area contributed by atoms with Crippen LogP contribution in [0.3, 0.4) is 0 Å². The third-order valence-corrected chi connectivity index (χ3v) is 6.87. The Kier molecular flexibility index (Phi) is 6.47. The molecular weight excluding hydrogens is 378 g/mol. The topological polar surface area (TPSA) is 93.6 Å². The molecule has 138 valence electrons. The van der Waals surface area contributed by atoms with Crippen molar-refractivity contribution < 1.29 is 13.0 Å². The van der Waals surface area contributed by atoms with E-state index in [1.54, 1.807) is 24.3 Å². The molecule has 0 spiro atoms. The van der Waals surface area contributed by atoms with Crippen molar-refractivity contribution in [3.05, 3.63) is 29.8 Å². The zero-order chi connectivity index (χ0) is 18.7. The number of para-hydroxylation sites is 1. The predicted octanol–water partition coefficient (Wildman–Crippen LogP) is 2.54. The summed E-state index contributed by atoms with van der Waals surface area (Å²) in [6.45, 7) is 5.69. The van der Waals surface area contributed by atoms with E-state index >= 15 is 0 Å². The minimum atomic E-state index is -3.42. The molecule has 0 fully saturated rings. The highest BCUT2D eigenvalue weighted by Crippen LogP contribution is 2.23. The van der Waals surface area contributed by atoms with Gasteiger partial charge >= 0.3 is 5.17 Å². The quantitative estimate of drug-likeness (QED) is 0.541. The van der Waals surface area contributed by atoms with E-state index < -0.39 is 26.7 Å². The number of thiocarbonyl (C=S) groups is 1. The van der Waals surface area contributed by atoms with Gasteiger partial charge in [0.15, 0.2) is 0 Å². The smallest absolute Gasteiger partial charge is 0.318 e. The lowest BCUT2D eigenvalue weighted by molar-refractivity contribution is 0.596. The largest absolute Gasteiger partial charge is 0.609 e. The maximum atomic E-state index is 12.6. The number of rotatable bonds is 7. The van der Waals surface area contributed by atoms with Gasteiger partial charge in [0.05, 0.1) is 17.0 Å². The molecule has 0 amide bonds. The van der Waals surface area contributed by atoms with Crippen LogP contribution in [-0.2, 0) is 27.0 Å². The van der Waals surface area contributed by atoms with Crippen molar-refractivity contribution in [2.45, 2.75) is 44.9 Å². The van der Waals surface area contributed by atoms with Gasteiger partial charge in [0.2, 0.25) is 10.0 Å². The number of nitrogens with one attached hydrogen (secondary N) is 2. The first-order valence-corrected chi connectivity index (χ1v) is 11.4. The second kappa shape index (κ2) is 8.03. The van der Waals surface area contributed by atoms with E-state index in [4.69, 9.17) is 12.2 Å². The standard InChI is InChI=1S/C16H23N3O3S3/c1-4-5-10-25(21,22)19-13-9-7-6-8-12(13)11-24(20)15-17-14(23)16(2,3)18-15/h6-9,19H,4-5,10-11H2,1-3H3,(H,17,18,23). The highest BCUT2D eigenvalue weighted by molar-refractivity contribution is 8.05. The molecule has 1 aliphatic heterocycles. The molecule has 1 aromatic carbocycles. The van der Waals surface area contributed by atoms with Crippen LogP contribution < -0.4 is 10.0 Å². The van der Waals surface area contributed by atoms with Crippen LogP contribution in [0.5, 0.6) is 0 Å². The van der Waals surface area contributed by atoms with Crippen LogP contribution in [0.25, 0.3) is 0 Å². The van der Waals surface area contributed by atoms with E-state index in [0.717, 1.165) is 6.42 Å². The lowest BCUT2D eigenvalue weighted by atomic mass is 10.1. The molecule has 2 N–H and O–H groups in total. The minimum Gasteiger partial charge on any atom is -0.609 e. The molecular formula is C16H23N3O3S3. The molecule has 0 aromatic heterocycles. The Morgan fingerprint density at radius 2 is 2.04 bits per heavy atom. The normalized spacial score (nSPS) is 17.8. The number of aliphatic imine (C=N–C) groups is 1. The summed E-state index contributed by atoms with van der Waals surface area (Å²) in [5.74, 6) is 0.217. The fourth-order valence-corrected chi connectivity index (χ4v) is 4.93. The van der Waals surface area contributed by atoms with Gasteiger partial charge in [-0.25, -0.2) is 8.42 Å². The maximum absolute atomic E-state index is 12.6. The summed E-state index contributed by atoms with van der Waals surface area (Å²) >= 11 is 3.74. The van der Waals surface area contributed by atoms with Crippen molar-refractivity contribution in [3.8, 4) is 0 Å². The number of amidine groups is 1. The molecule has 1 aliphatic rings. The number of sulfonamides is 1. The minimum absolute atomic E-state index is 0.0671. The number of unbranched alkanes of at least 4 members (excludes halogenated alkanes) is 1. The lowest BCUT2D eigenvalue weighted by Crippen LogP contribution is -2.44. The molecule has 1 unspecified atom stereocenters. The van der Waals surface area contributed by atoms with Crippen LogP contribution in [0, 0.1) is 0 Å². The van der Waals surface area contributed by atoms with E-state index in [-0.39, 0.29) is 11.5 Å². The first kappa shape index (κ1) is 20.2. The second-order valence-corrected chi connectivity index (χ2v) is 9.99. The predicted molar refractivity (Wildman–Crippen MR) is 108 cm³/mol. The summed E-state index contributed by atoms with van der Waals surface area (Å²) in [7, 11) is -3.42. The van der Waals surface area contributed by atoms with Crippen LogP contribution in [0.4, 0.5) is 5.69 Å². The van der Waals surface area contributed by atoms with Gasteiger partial charge in [0.1, 0.15) is 10.7 Å².